The van der Waals surface area contributed by atoms with Gasteiger partial charge in [-0.05, 0) is 41.0 Å². The lowest BCUT2D eigenvalue weighted by atomic mass is 10.0. The van der Waals surface area contributed by atoms with Crippen LogP contribution in [0.3, 0.4) is 0 Å². The summed E-state index contributed by atoms with van der Waals surface area (Å²) in [6, 6.07) is 23.8. The second-order valence-corrected chi connectivity index (χ2v) is 9.17. The van der Waals surface area contributed by atoms with E-state index in [1.54, 1.807) is 29.2 Å². The van der Waals surface area contributed by atoms with Crippen LogP contribution in [0.5, 0.6) is 0 Å². The molecule has 0 aromatic heterocycles. The molecule has 0 saturated carbocycles. The summed E-state index contributed by atoms with van der Waals surface area (Å²) < 4.78 is 0. The van der Waals surface area contributed by atoms with Gasteiger partial charge in [-0.25, -0.2) is 0 Å². The molecule has 1 atom stereocenters. The fraction of sp³-hybridized carbons (Fsp3) is 0.259. The predicted octanol–water partition coefficient (Wildman–Crippen LogP) is 5.91. The van der Waals surface area contributed by atoms with Crippen molar-refractivity contribution in [3.63, 3.8) is 0 Å². The molecule has 1 N–H and O–H groups in total. The van der Waals surface area contributed by atoms with Gasteiger partial charge in [-0.2, -0.15) is 0 Å². The molecule has 0 radical (unpaired) electrons. The van der Waals surface area contributed by atoms with E-state index in [2.05, 4.69) is 5.32 Å². The Bertz CT molecular complexity index is 1050. The molecule has 4 nitrogen and oxygen atoms in total. The van der Waals surface area contributed by atoms with Crippen LogP contribution in [0.1, 0.15) is 30.5 Å². The van der Waals surface area contributed by atoms with E-state index in [0.717, 1.165) is 16.7 Å². The van der Waals surface area contributed by atoms with E-state index < -0.39 is 6.04 Å². The zero-order valence-corrected chi connectivity index (χ0v) is 20.3. The zero-order chi connectivity index (χ0) is 23.8. The number of carbonyl (C=O) groups excluding carboxylic acids is 2. The van der Waals surface area contributed by atoms with Crippen molar-refractivity contribution in [1.29, 1.82) is 0 Å². The quantitative estimate of drug-likeness (QED) is 0.412. The van der Waals surface area contributed by atoms with Crippen molar-refractivity contribution >= 4 is 35.0 Å². The maximum atomic E-state index is 13.4. The number of halogens is 2. The van der Waals surface area contributed by atoms with Crippen LogP contribution < -0.4 is 5.32 Å². The summed E-state index contributed by atoms with van der Waals surface area (Å²) in [5, 5.41) is 4.28. The Morgan fingerprint density at radius 1 is 0.788 bits per heavy atom. The highest BCUT2D eigenvalue weighted by Crippen LogP contribution is 2.19. The predicted molar refractivity (Wildman–Crippen MR) is 134 cm³/mol. The van der Waals surface area contributed by atoms with Gasteiger partial charge in [-0.3, -0.25) is 9.59 Å². The summed E-state index contributed by atoms with van der Waals surface area (Å²) >= 11 is 12.0. The van der Waals surface area contributed by atoms with Crippen molar-refractivity contribution in [2.75, 3.05) is 0 Å². The second-order valence-electron chi connectivity index (χ2n) is 8.30. The number of amides is 2. The van der Waals surface area contributed by atoms with Crippen LogP contribution in [0, 0.1) is 5.92 Å². The average Bonchev–Trinajstić information content (AvgIpc) is 2.82. The van der Waals surface area contributed by atoms with Crippen LogP contribution in [0.4, 0.5) is 0 Å². The minimum atomic E-state index is -0.662. The van der Waals surface area contributed by atoms with Crippen LogP contribution in [0.2, 0.25) is 10.0 Å². The topological polar surface area (TPSA) is 49.4 Å². The molecular formula is C27H28Cl2N2O2. The average molecular weight is 483 g/mol. The van der Waals surface area contributed by atoms with Crippen molar-refractivity contribution < 1.29 is 9.59 Å². The third-order valence-corrected chi connectivity index (χ3v) is 5.88. The summed E-state index contributed by atoms with van der Waals surface area (Å²) in [5.41, 5.74) is 2.84. The number of rotatable bonds is 9. The normalized spacial score (nSPS) is 11.8. The summed E-state index contributed by atoms with van der Waals surface area (Å²) in [7, 11) is 0. The molecule has 3 rings (SSSR count). The van der Waals surface area contributed by atoms with E-state index in [1.165, 1.54) is 0 Å². The van der Waals surface area contributed by atoms with Gasteiger partial charge in [0.05, 0.1) is 0 Å². The van der Waals surface area contributed by atoms with E-state index in [1.807, 2.05) is 68.4 Å². The van der Waals surface area contributed by atoms with Gasteiger partial charge in [0, 0.05) is 35.5 Å². The van der Waals surface area contributed by atoms with E-state index >= 15 is 0 Å². The lowest BCUT2D eigenvalue weighted by Crippen LogP contribution is -2.51. The Morgan fingerprint density at radius 3 is 1.88 bits per heavy atom. The molecule has 6 heteroatoms. The van der Waals surface area contributed by atoms with Gasteiger partial charge in [-0.1, -0.05) is 91.6 Å². The summed E-state index contributed by atoms with van der Waals surface area (Å²) in [6.07, 6.45) is 0.416. The third kappa shape index (κ3) is 7.34. The number of carbonyl (C=O) groups is 2. The van der Waals surface area contributed by atoms with Crippen molar-refractivity contribution in [1.82, 2.24) is 10.2 Å². The van der Waals surface area contributed by atoms with Gasteiger partial charge in [0.25, 0.3) is 0 Å². The van der Waals surface area contributed by atoms with Gasteiger partial charge in [0.1, 0.15) is 6.04 Å². The molecule has 33 heavy (non-hydrogen) atoms. The smallest absolute Gasteiger partial charge is 0.243 e. The number of benzene rings is 3. The first-order valence-corrected chi connectivity index (χ1v) is 11.7. The minimum Gasteiger partial charge on any atom is -0.350 e. The molecule has 0 unspecified atom stereocenters. The molecule has 0 aliphatic heterocycles. The molecule has 0 heterocycles. The molecule has 0 aliphatic rings. The Balaban J connectivity index is 1.88. The van der Waals surface area contributed by atoms with Crippen LogP contribution in [-0.2, 0) is 29.1 Å². The summed E-state index contributed by atoms with van der Waals surface area (Å²) in [5.74, 6) is -0.524. The molecule has 172 valence electrons. The largest absolute Gasteiger partial charge is 0.350 e. The molecule has 3 aromatic rings. The molecule has 0 fully saturated rings. The van der Waals surface area contributed by atoms with E-state index in [9.17, 15) is 9.59 Å². The van der Waals surface area contributed by atoms with E-state index in [-0.39, 0.29) is 17.7 Å². The highest BCUT2D eigenvalue weighted by molar-refractivity contribution is 6.30. The van der Waals surface area contributed by atoms with Crippen molar-refractivity contribution in [3.05, 3.63) is 106 Å². The van der Waals surface area contributed by atoms with Crippen LogP contribution >= 0.6 is 23.2 Å². The number of nitrogens with one attached hydrogen (secondary N) is 1. The third-order valence-electron chi connectivity index (χ3n) is 5.37. The molecule has 0 saturated heterocycles. The van der Waals surface area contributed by atoms with E-state index in [4.69, 9.17) is 23.2 Å². The van der Waals surface area contributed by atoms with Gasteiger partial charge in [0.15, 0.2) is 0 Å². The lowest BCUT2D eigenvalue weighted by Gasteiger charge is -2.33. The molecular weight excluding hydrogens is 455 g/mol. The zero-order valence-electron chi connectivity index (χ0n) is 18.8. The van der Waals surface area contributed by atoms with Crippen molar-refractivity contribution in [2.45, 2.75) is 39.4 Å². The Kier molecular flexibility index (Phi) is 8.93. The maximum Gasteiger partial charge on any atom is 0.243 e. The summed E-state index contributed by atoms with van der Waals surface area (Å²) in [4.78, 5) is 28.4. The van der Waals surface area contributed by atoms with Crippen LogP contribution in [0.25, 0.3) is 0 Å². The first kappa shape index (κ1) is 24.8. The molecule has 3 aromatic carbocycles. The molecule has 0 aliphatic carbocycles. The lowest BCUT2D eigenvalue weighted by molar-refractivity contribution is -0.143. The first-order chi connectivity index (χ1) is 15.8. The fourth-order valence-electron chi connectivity index (χ4n) is 3.55. The fourth-order valence-corrected chi connectivity index (χ4v) is 3.80. The Hall–Kier alpha value is -2.82. The highest BCUT2D eigenvalue weighted by atomic mass is 35.5. The summed E-state index contributed by atoms with van der Waals surface area (Å²) in [6.45, 7) is 4.37. The van der Waals surface area contributed by atoms with Gasteiger partial charge < -0.3 is 10.2 Å². The molecule has 2 amide bonds. The monoisotopic (exact) mass is 482 g/mol. The van der Waals surface area contributed by atoms with Crippen LogP contribution in [-0.4, -0.2) is 22.8 Å². The maximum absolute atomic E-state index is 13.4. The van der Waals surface area contributed by atoms with Gasteiger partial charge in [0.2, 0.25) is 11.8 Å². The van der Waals surface area contributed by atoms with Crippen molar-refractivity contribution in [3.8, 4) is 0 Å². The Labute approximate surface area is 205 Å². The first-order valence-electron chi connectivity index (χ1n) is 10.9. The molecule has 0 bridgehead atoms. The highest BCUT2D eigenvalue weighted by Gasteiger charge is 2.31. The number of hydrogen-bond donors (Lipinski definition) is 1. The molecule has 0 spiro atoms. The Morgan fingerprint density at radius 2 is 1.33 bits per heavy atom. The van der Waals surface area contributed by atoms with Gasteiger partial charge in [-0.15, -0.1) is 0 Å². The standard InChI is InChI=1S/C27H28Cl2N2O2/c1-19(2)27(33)31(18-22-10-14-24(29)15-11-22)25(16-20-6-4-3-5-7-20)26(32)30-17-21-8-12-23(28)13-9-21/h3-15,19,25H,16-18H2,1-2H3,(H,30,32)/t25-/m1/s1. The second kappa shape index (κ2) is 11.9. The minimum absolute atomic E-state index is 0.0764. The number of hydrogen-bond acceptors (Lipinski definition) is 2. The van der Waals surface area contributed by atoms with Crippen molar-refractivity contribution in [2.24, 2.45) is 5.92 Å². The number of nitrogens with zero attached hydrogens (tertiary/aromatic N) is 1. The van der Waals surface area contributed by atoms with E-state index in [0.29, 0.717) is 29.6 Å². The SMILES string of the molecule is CC(C)C(=O)N(Cc1ccc(Cl)cc1)[C@H](Cc1ccccc1)C(=O)NCc1ccc(Cl)cc1. The van der Waals surface area contributed by atoms with Crippen LogP contribution in [0.15, 0.2) is 78.9 Å². The van der Waals surface area contributed by atoms with Gasteiger partial charge >= 0.3 is 0 Å².